The SMILES string of the molecule is CCOCCCOC(=O)C1=C(C)NC(C)=C(C(=O)[C@]2(O)CO[C@@H]3[C@H](O[N+](=O)[O-])CO[C@@H]32)C1c1cccc([N+](=O)[O-])c1. The minimum Gasteiger partial charge on any atom is -0.462 e. The smallest absolute Gasteiger partial charge is 0.336 e. The molecule has 5 atom stereocenters. The van der Waals surface area contributed by atoms with E-state index in [0.29, 0.717) is 25.3 Å². The van der Waals surface area contributed by atoms with E-state index >= 15 is 0 Å². The predicted octanol–water partition coefficient (Wildman–Crippen LogP) is 1.47. The minimum absolute atomic E-state index is 0.0243. The Morgan fingerprint density at radius 3 is 2.56 bits per heavy atom. The number of ether oxygens (including phenoxy) is 4. The molecule has 1 aromatic rings. The topological polar surface area (TPSA) is 199 Å². The highest BCUT2D eigenvalue weighted by atomic mass is 17.0. The third-order valence-corrected chi connectivity index (χ3v) is 7.20. The number of carbonyl (C=O) groups excluding carboxylic acids is 2. The van der Waals surface area contributed by atoms with E-state index in [2.05, 4.69) is 10.2 Å². The molecule has 1 aromatic carbocycles. The second kappa shape index (κ2) is 12.3. The van der Waals surface area contributed by atoms with Crippen LogP contribution in [0.4, 0.5) is 5.69 Å². The Labute approximate surface area is 234 Å². The van der Waals surface area contributed by atoms with Crippen molar-refractivity contribution < 1.29 is 48.5 Å². The maximum atomic E-state index is 14.2. The predicted molar refractivity (Wildman–Crippen MR) is 138 cm³/mol. The molecule has 2 fully saturated rings. The van der Waals surface area contributed by atoms with Crippen LogP contribution in [0.1, 0.15) is 38.7 Å². The van der Waals surface area contributed by atoms with E-state index in [1.807, 2.05) is 6.92 Å². The molecule has 0 aliphatic carbocycles. The zero-order valence-electron chi connectivity index (χ0n) is 22.7. The maximum Gasteiger partial charge on any atom is 0.336 e. The summed E-state index contributed by atoms with van der Waals surface area (Å²) in [5, 5.41) is 36.1. The lowest BCUT2D eigenvalue weighted by Crippen LogP contribution is -2.53. The summed E-state index contributed by atoms with van der Waals surface area (Å²) < 4.78 is 21.9. The van der Waals surface area contributed by atoms with Gasteiger partial charge in [-0.1, -0.05) is 12.1 Å². The van der Waals surface area contributed by atoms with E-state index in [1.54, 1.807) is 13.8 Å². The van der Waals surface area contributed by atoms with Crippen molar-refractivity contribution in [2.45, 2.75) is 57.0 Å². The van der Waals surface area contributed by atoms with Gasteiger partial charge in [-0.05, 0) is 26.3 Å². The number of ketones is 1. The van der Waals surface area contributed by atoms with Crippen LogP contribution in [0, 0.1) is 20.2 Å². The van der Waals surface area contributed by atoms with Crippen molar-refractivity contribution in [3.8, 4) is 0 Å². The number of hydrogen-bond acceptors (Lipinski definition) is 13. The van der Waals surface area contributed by atoms with Crippen molar-refractivity contribution in [1.29, 1.82) is 0 Å². The highest BCUT2D eigenvalue weighted by Gasteiger charge is 2.62. The molecule has 2 N–H and O–H groups in total. The van der Waals surface area contributed by atoms with Gasteiger partial charge in [-0.2, -0.15) is 0 Å². The third-order valence-electron chi connectivity index (χ3n) is 7.20. The molecular weight excluding hydrogens is 546 g/mol. The molecule has 0 spiro atoms. The van der Waals surface area contributed by atoms with Gasteiger partial charge in [-0.25, -0.2) is 4.79 Å². The summed E-state index contributed by atoms with van der Waals surface area (Å²) >= 11 is 0. The van der Waals surface area contributed by atoms with Crippen LogP contribution in [0.15, 0.2) is 46.8 Å². The van der Waals surface area contributed by atoms with E-state index < -0.39 is 58.2 Å². The average molecular weight is 578 g/mol. The first-order chi connectivity index (χ1) is 19.5. The Morgan fingerprint density at radius 2 is 1.88 bits per heavy atom. The van der Waals surface area contributed by atoms with Crippen molar-refractivity contribution in [2.75, 3.05) is 33.0 Å². The van der Waals surface area contributed by atoms with Gasteiger partial charge < -0.3 is 34.2 Å². The maximum absolute atomic E-state index is 14.2. The standard InChI is InChI=1S/C26H31N3O12/c1-4-37-9-6-10-38-25(31)20-15(3)27-14(2)19(21(20)16-7-5-8-17(11-16)28(33)34)23(30)26(32)13-40-22-18(41-29(35)36)12-39-24(22)26/h5,7-8,11,18,21-22,24,27,32H,4,6,9-10,12-13H2,1-3H3/t18-,21?,22-,24+,26-/m1/s1. The van der Waals surface area contributed by atoms with Gasteiger partial charge in [0.25, 0.3) is 10.8 Å². The van der Waals surface area contributed by atoms with Gasteiger partial charge in [-0.15, -0.1) is 10.1 Å². The first-order valence-electron chi connectivity index (χ1n) is 13.0. The number of nitro groups is 1. The summed E-state index contributed by atoms with van der Waals surface area (Å²) in [6.45, 7) is 5.05. The number of aliphatic hydroxyl groups is 1. The van der Waals surface area contributed by atoms with Crippen molar-refractivity contribution in [2.24, 2.45) is 0 Å². The Hall–Kier alpha value is -3.92. The summed E-state index contributed by atoms with van der Waals surface area (Å²) in [6.07, 6.45) is -3.14. The molecule has 0 radical (unpaired) electrons. The number of allylic oxidation sites excluding steroid dienone is 2. The van der Waals surface area contributed by atoms with Gasteiger partial charge in [0.2, 0.25) is 0 Å². The molecule has 15 heteroatoms. The number of nitro benzene ring substituents is 1. The quantitative estimate of drug-likeness (QED) is 0.157. The lowest BCUT2D eigenvalue weighted by Gasteiger charge is -2.35. The molecular formula is C26H31N3O12. The molecule has 4 rings (SSSR count). The summed E-state index contributed by atoms with van der Waals surface area (Å²) in [4.78, 5) is 54.1. The number of nitrogens with zero attached hydrogens (tertiary/aromatic N) is 2. The molecule has 41 heavy (non-hydrogen) atoms. The lowest BCUT2D eigenvalue weighted by molar-refractivity contribution is -0.769. The van der Waals surface area contributed by atoms with E-state index in [0.717, 1.165) is 0 Å². The number of carbonyl (C=O) groups is 2. The van der Waals surface area contributed by atoms with Crippen LogP contribution in [-0.2, 0) is 33.4 Å². The summed E-state index contributed by atoms with van der Waals surface area (Å²) in [7, 11) is 0. The molecule has 222 valence electrons. The van der Waals surface area contributed by atoms with Crippen molar-refractivity contribution >= 4 is 17.4 Å². The van der Waals surface area contributed by atoms with E-state index in [9.17, 15) is 34.9 Å². The van der Waals surface area contributed by atoms with Gasteiger partial charge in [-0.3, -0.25) is 14.9 Å². The fourth-order valence-electron chi connectivity index (χ4n) is 5.39. The molecule has 2 saturated heterocycles. The fraction of sp³-hybridized carbons (Fsp3) is 0.538. The molecule has 0 saturated carbocycles. The van der Waals surface area contributed by atoms with Crippen LogP contribution in [0.5, 0.6) is 0 Å². The summed E-state index contributed by atoms with van der Waals surface area (Å²) in [5.74, 6) is -2.80. The average Bonchev–Trinajstić information content (AvgIpc) is 3.48. The van der Waals surface area contributed by atoms with Gasteiger partial charge in [0.15, 0.2) is 17.5 Å². The van der Waals surface area contributed by atoms with Crippen LogP contribution < -0.4 is 5.32 Å². The largest absolute Gasteiger partial charge is 0.462 e. The number of rotatable bonds is 12. The Kier molecular flexibility index (Phi) is 9.01. The minimum atomic E-state index is -2.30. The number of esters is 1. The second-order valence-corrected chi connectivity index (χ2v) is 9.82. The lowest BCUT2D eigenvalue weighted by atomic mass is 9.74. The van der Waals surface area contributed by atoms with Crippen LogP contribution in [0.2, 0.25) is 0 Å². The number of dihydropyridines is 1. The van der Waals surface area contributed by atoms with Crippen molar-refractivity contribution in [3.63, 3.8) is 0 Å². The number of non-ortho nitro benzene ring substituents is 1. The van der Waals surface area contributed by atoms with Crippen molar-refractivity contribution in [1.82, 2.24) is 5.32 Å². The Morgan fingerprint density at radius 1 is 1.15 bits per heavy atom. The molecule has 0 aromatic heterocycles. The Balaban J connectivity index is 1.72. The third kappa shape index (κ3) is 5.93. The van der Waals surface area contributed by atoms with Gasteiger partial charge >= 0.3 is 5.97 Å². The van der Waals surface area contributed by atoms with E-state index in [4.69, 9.17) is 18.9 Å². The first kappa shape index (κ1) is 30.0. The monoisotopic (exact) mass is 577 g/mol. The molecule has 15 nitrogen and oxygen atoms in total. The number of fused-ring (bicyclic) bond motifs is 1. The van der Waals surface area contributed by atoms with Crippen LogP contribution in [0.25, 0.3) is 0 Å². The van der Waals surface area contributed by atoms with Gasteiger partial charge in [0.1, 0.15) is 12.2 Å². The molecule has 0 bridgehead atoms. The summed E-state index contributed by atoms with van der Waals surface area (Å²) in [6, 6.07) is 5.48. The number of benzene rings is 1. The highest BCUT2D eigenvalue weighted by Crippen LogP contribution is 2.45. The normalized spacial score (nSPS) is 27.3. The van der Waals surface area contributed by atoms with Gasteiger partial charge in [0, 0.05) is 54.7 Å². The van der Waals surface area contributed by atoms with E-state index in [1.165, 1.54) is 24.3 Å². The zero-order valence-corrected chi connectivity index (χ0v) is 22.7. The Bertz CT molecular complexity index is 1290. The number of Topliss-reactive ketones (excluding diaryl/α,β-unsaturated/α-hetero) is 1. The molecule has 1 unspecified atom stereocenters. The van der Waals surface area contributed by atoms with Crippen LogP contribution in [-0.4, -0.2) is 83.8 Å². The van der Waals surface area contributed by atoms with Crippen molar-refractivity contribution in [3.05, 3.63) is 72.6 Å². The molecule has 3 aliphatic rings. The van der Waals surface area contributed by atoms with E-state index in [-0.39, 0.29) is 41.3 Å². The zero-order chi connectivity index (χ0) is 29.9. The molecule has 0 amide bonds. The molecule has 3 heterocycles. The van der Waals surface area contributed by atoms with Crippen LogP contribution in [0.3, 0.4) is 0 Å². The number of nitrogens with one attached hydrogen (secondary N) is 1. The second-order valence-electron chi connectivity index (χ2n) is 9.82. The highest BCUT2D eigenvalue weighted by molar-refractivity contribution is 6.08. The summed E-state index contributed by atoms with van der Waals surface area (Å²) in [5.41, 5.74) is -1.73. The van der Waals surface area contributed by atoms with Gasteiger partial charge in [0.05, 0.1) is 30.3 Å². The fourth-order valence-corrected chi connectivity index (χ4v) is 5.39. The number of hydrogen-bond donors (Lipinski definition) is 2. The molecule has 3 aliphatic heterocycles. The van der Waals surface area contributed by atoms with Crippen LogP contribution >= 0.6 is 0 Å². The first-order valence-corrected chi connectivity index (χ1v) is 13.0.